The molecule has 1 atom stereocenters. The van der Waals surface area contributed by atoms with Crippen LogP contribution in [-0.2, 0) is 0 Å². The van der Waals surface area contributed by atoms with E-state index in [0.717, 1.165) is 5.56 Å². The van der Waals surface area contributed by atoms with E-state index in [1.807, 2.05) is 13.8 Å². The van der Waals surface area contributed by atoms with Crippen LogP contribution >= 0.6 is 0 Å². The van der Waals surface area contributed by atoms with Crippen molar-refractivity contribution in [3.8, 4) is 6.07 Å². The van der Waals surface area contributed by atoms with E-state index in [4.69, 9.17) is 11.0 Å². The van der Waals surface area contributed by atoms with Crippen LogP contribution in [0.5, 0.6) is 0 Å². The van der Waals surface area contributed by atoms with Gasteiger partial charge in [-0.15, -0.1) is 0 Å². The van der Waals surface area contributed by atoms with Gasteiger partial charge in [0.05, 0.1) is 5.56 Å². The fourth-order valence-electron chi connectivity index (χ4n) is 1.22. The van der Waals surface area contributed by atoms with Crippen LogP contribution in [0, 0.1) is 23.1 Å². The topological polar surface area (TPSA) is 49.8 Å². The first kappa shape index (κ1) is 10.7. The van der Waals surface area contributed by atoms with Crippen molar-refractivity contribution in [1.29, 1.82) is 5.26 Å². The molecule has 0 aliphatic rings. The van der Waals surface area contributed by atoms with Crippen molar-refractivity contribution in [3.63, 3.8) is 0 Å². The second kappa shape index (κ2) is 4.21. The van der Waals surface area contributed by atoms with Crippen molar-refractivity contribution in [3.05, 3.63) is 35.1 Å². The quantitative estimate of drug-likeness (QED) is 0.781. The number of nitriles is 1. The minimum atomic E-state index is -0.493. The molecular formula is C11H13FN2. The van der Waals surface area contributed by atoms with E-state index in [2.05, 4.69) is 0 Å². The number of rotatable bonds is 2. The van der Waals surface area contributed by atoms with Crippen LogP contribution < -0.4 is 5.73 Å². The van der Waals surface area contributed by atoms with Crippen LogP contribution in [0.25, 0.3) is 0 Å². The summed E-state index contributed by atoms with van der Waals surface area (Å²) in [5, 5.41) is 8.63. The third kappa shape index (κ3) is 2.09. The van der Waals surface area contributed by atoms with Crippen molar-refractivity contribution in [1.82, 2.24) is 0 Å². The first-order valence-corrected chi connectivity index (χ1v) is 4.51. The third-order valence-corrected chi connectivity index (χ3v) is 2.21. The number of halogens is 1. The molecule has 0 amide bonds. The zero-order chi connectivity index (χ0) is 10.7. The maximum Gasteiger partial charge on any atom is 0.140 e. The average Bonchev–Trinajstić information content (AvgIpc) is 2.17. The Labute approximate surface area is 83.2 Å². The Morgan fingerprint density at radius 2 is 2.07 bits per heavy atom. The number of benzene rings is 1. The van der Waals surface area contributed by atoms with Gasteiger partial charge in [-0.25, -0.2) is 4.39 Å². The van der Waals surface area contributed by atoms with Gasteiger partial charge in [0, 0.05) is 6.04 Å². The fraction of sp³-hybridized carbons (Fsp3) is 0.364. The van der Waals surface area contributed by atoms with Crippen LogP contribution in [-0.4, -0.2) is 0 Å². The van der Waals surface area contributed by atoms with Crippen LogP contribution in [0.15, 0.2) is 18.2 Å². The highest BCUT2D eigenvalue weighted by molar-refractivity contribution is 5.35. The molecule has 0 radical (unpaired) electrons. The van der Waals surface area contributed by atoms with Gasteiger partial charge in [-0.05, 0) is 23.6 Å². The Morgan fingerprint density at radius 1 is 1.43 bits per heavy atom. The highest BCUT2D eigenvalue weighted by atomic mass is 19.1. The zero-order valence-electron chi connectivity index (χ0n) is 8.29. The predicted octanol–water partition coefficient (Wildman–Crippen LogP) is 2.35. The molecule has 0 fully saturated rings. The van der Waals surface area contributed by atoms with Gasteiger partial charge in [0.25, 0.3) is 0 Å². The SMILES string of the molecule is CC(C)C(N)c1ccc(F)c(C#N)c1. The van der Waals surface area contributed by atoms with Gasteiger partial charge in [-0.1, -0.05) is 19.9 Å². The van der Waals surface area contributed by atoms with E-state index in [1.165, 1.54) is 12.1 Å². The Kier molecular flexibility index (Phi) is 3.21. The van der Waals surface area contributed by atoms with Gasteiger partial charge in [-0.3, -0.25) is 0 Å². The molecule has 1 aromatic rings. The van der Waals surface area contributed by atoms with Crippen molar-refractivity contribution >= 4 is 0 Å². The van der Waals surface area contributed by atoms with Gasteiger partial charge in [-0.2, -0.15) is 5.26 Å². The number of nitrogens with two attached hydrogens (primary N) is 1. The first-order valence-electron chi connectivity index (χ1n) is 4.51. The van der Waals surface area contributed by atoms with Crippen molar-refractivity contribution in [2.45, 2.75) is 19.9 Å². The molecule has 2 N–H and O–H groups in total. The van der Waals surface area contributed by atoms with Crippen LogP contribution in [0.3, 0.4) is 0 Å². The molecule has 74 valence electrons. The summed E-state index contributed by atoms with van der Waals surface area (Å²) in [4.78, 5) is 0. The van der Waals surface area contributed by atoms with E-state index in [1.54, 1.807) is 12.1 Å². The summed E-state index contributed by atoms with van der Waals surface area (Å²) >= 11 is 0. The molecule has 0 aliphatic heterocycles. The predicted molar refractivity (Wildman–Crippen MR) is 52.9 cm³/mol. The molecule has 0 heterocycles. The summed E-state index contributed by atoms with van der Waals surface area (Å²) in [7, 11) is 0. The lowest BCUT2D eigenvalue weighted by molar-refractivity contribution is 0.512. The molecule has 1 aromatic carbocycles. The van der Waals surface area contributed by atoms with Crippen LogP contribution in [0.4, 0.5) is 4.39 Å². The lowest BCUT2D eigenvalue weighted by Gasteiger charge is -2.16. The minimum absolute atomic E-state index is 0.0543. The Morgan fingerprint density at radius 3 is 2.57 bits per heavy atom. The van der Waals surface area contributed by atoms with E-state index >= 15 is 0 Å². The number of hydrogen-bond donors (Lipinski definition) is 1. The molecule has 1 rings (SSSR count). The normalized spacial score (nSPS) is 12.6. The Balaban J connectivity index is 3.08. The van der Waals surface area contributed by atoms with Crippen LogP contribution in [0.2, 0.25) is 0 Å². The van der Waals surface area contributed by atoms with E-state index in [-0.39, 0.29) is 17.5 Å². The molecule has 2 nitrogen and oxygen atoms in total. The van der Waals surface area contributed by atoms with Crippen molar-refractivity contribution in [2.24, 2.45) is 11.7 Å². The molecule has 0 aromatic heterocycles. The number of hydrogen-bond acceptors (Lipinski definition) is 2. The lowest BCUT2D eigenvalue weighted by atomic mass is 9.96. The smallest absolute Gasteiger partial charge is 0.140 e. The molecule has 1 unspecified atom stereocenters. The molecule has 14 heavy (non-hydrogen) atoms. The standard InChI is InChI=1S/C11H13FN2/c1-7(2)11(14)8-3-4-10(12)9(5-8)6-13/h3-5,7,11H,14H2,1-2H3. The average molecular weight is 192 g/mol. The largest absolute Gasteiger partial charge is 0.324 e. The summed E-state index contributed by atoms with van der Waals surface area (Å²) in [6, 6.07) is 6.08. The van der Waals surface area contributed by atoms with Gasteiger partial charge in [0.15, 0.2) is 0 Å². The highest BCUT2D eigenvalue weighted by Crippen LogP contribution is 2.20. The lowest BCUT2D eigenvalue weighted by Crippen LogP contribution is -2.16. The minimum Gasteiger partial charge on any atom is -0.324 e. The summed E-state index contributed by atoms with van der Waals surface area (Å²) < 4.78 is 13.0. The molecular weight excluding hydrogens is 179 g/mol. The number of nitrogens with zero attached hydrogens (tertiary/aromatic N) is 1. The Hall–Kier alpha value is -1.40. The van der Waals surface area contributed by atoms with Gasteiger partial charge in [0.1, 0.15) is 11.9 Å². The van der Waals surface area contributed by atoms with E-state index < -0.39 is 5.82 Å². The molecule has 0 spiro atoms. The fourth-order valence-corrected chi connectivity index (χ4v) is 1.22. The van der Waals surface area contributed by atoms with E-state index in [0.29, 0.717) is 0 Å². The summed E-state index contributed by atoms with van der Waals surface area (Å²) in [5.74, 6) is -0.223. The molecule has 3 heteroatoms. The van der Waals surface area contributed by atoms with E-state index in [9.17, 15) is 4.39 Å². The molecule has 0 bridgehead atoms. The second-order valence-corrected chi connectivity index (χ2v) is 3.62. The first-order chi connectivity index (χ1) is 6.56. The maximum absolute atomic E-state index is 13.0. The summed E-state index contributed by atoms with van der Waals surface area (Å²) in [6.07, 6.45) is 0. The Bertz CT molecular complexity index is 366. The highest BCUT2D eigenvalue weighted by Gasteiger charge is 2.12. The molecule has 0 aliphatic carbocycles. The third-order valence-electron chi connectivity index (χ3n) is 2.21. The summed E-state index contributed by atoms with van der Waals surface area (Å²) in [6.45, 7) is 3.97. The van der Waals surface area contributed by atoms with Gasteiger partial charge in [0.2, 0.25) is 0 Å². The van der Waals surface area contributed by atoms with Gasteiger partial charge < -0.3 is 5.73 Å². The zero-order valence-corrected chi connectivity index (χ0v) is 8.29. The second-order valence-electron chi connectivity index (χ2n) is 3.62. The van der Waals surface area contributed by atoms with Crippen LogP contribution in [0.1, 0.15) is 31.0 Å². The van der Waals surface area contributed by atoms with Gasteiger partial charge >= 0.3 is 0 Å². The maximum atomic E-state index is 13.0. The monoisotopic (exact) mass is 192 g/mol. The summed E-state index contributed by atoms with van der Waals surface area (Å²) in [5.41, 5.74) is 6.74. The molecule has 0 saturated carbocycles. The van der Waals surface area contributed by atoms with Crippen molar-refractivity contribution < 1.29 is 4.39 Å². The molecule has 0 saturated heterocycles. The van der Waals surface area contributed by atoms with Crippen molar-refractivity contribution in [2.75, 3.05) is 0 Å².